The van der Waals surface area contributed by atoms with Crippen molar-refractivity contribution in [3.05, 3.63) is 0 Å². The van der Waals surface area contributed by atoms with Gasteiger partial charge in [-0.2, -0.15) is 0 Å². The zero-order valence-electron chi connectivity index (χ0n) is 10.6. The van der Waals surface area contributed by atoms with Gasteiger partial charge in [-0.1, -0.05) is 0 Å². The molecule has 0 spiro atoms. The summed E-state index contributed by atoms with van der Waals surface area (Å²) in [6.07, 6.45) is 7.03. The normalized spacial score (nSPS) is 46.1. The van der Waals surface area contributed by atoms with Crippen molar-refractivity contribution in [3.8, 4) is 0 Å². The predicted octanol–water partition coefficient (Wildman–Crippen LogP) is 0.229. The van der Waals surface area contributed by atoms with Crippen molar-refractivity contribution in [2.75, 3.05) is 6.26 Å². The quantitative estimate of drug-likeness (QED) is 0.719. The van der Waals surface area contributed by atoms with E-state index in [4.69, 9.17) is 0 Å². The van der Waals surface area contributed by atoms with Gasteiger partial charge in [0.05, 0.1) is 6.26 Å². The molecule has 0 aromatic carbocycles. The van der Waals surface area contributed by atoms with Crippen molar-refractivity contribution < 1.29 is 13.2 Å². The lowest BCUT2D eigenvalue weighted by atomic mass is 9.51. The summed E-state index contributed by atoms with van der Waals surface area (Å²) in [6.45, 7) is 0. The Morgan fingerprint density at radius 2 is 1.78 bits per heavy atom. The smallest absolute Gasteiger partial charge is 0.209 e. The second kappa shape index (κ2) is 3.93. The fraction of sp³-hybridized carbons (Fsp3) is 0.917. The first-order valence-electron chi connectivity index (χ1n) is 6.59. The summed E-state index contributed by atoms with van der Waals surface area (Å²) >= 11 is 0. The van der Waals surface area contributed by atoms with Crippen molar-refractivity contribution in [2.24, 2.45) is 17.8 Å². The number of hydrogen-bond donors (Lipinski definition) is 2. The molecule has 18 heavy (non-hydrogen) atoms. The molecule has 1 amide bonds. The van der Waals surface area contributed by atoms with Gasteiger partial charge in [-0.3, -0.25) is 4.79 Å². The van der Waals surface area contributed by atoms with Crippen molar-refractivity contribution >= 4 is 16.4 Å². The van der Waals surface area contributed by atoms with E-state index in [0.717, 1.165) is 38.5 Å². The lowest BCUT2D eigenvalue weighted by Crippen LogP contribution is -2.65. The molecule has 102 valence electrons. The summed E-state index contributed by atoms with van der Waals surface area (Å²) in [5.74, 6) is 1.51. The third-order valence-corrected chi connectivity index (χ3v) is 5.74. The summed E-state index contributed by atoms with van der Waals surface area (Å²) < 4.78 is 26.0. The second-order valence-electron chi connectivity index (χ2n) is 6.43. The summed E-state index contributed by atoms with van der Waals surface area (Å²) in [6, 6.07) is 0.258. The Labute approximate surface area is 108 Å². The SMILES string of the molecule is CS(=O)(=O)NC12CC3CC(C1)C(NC=O)C(C3)C2. The van der Waals surface area contributed by atoms with Crippen LogP contribution in [-0.4, -0.2) is 32.7 Å². The van der Waals surface area contributed by atoms with Crippen LogP contribution in [0.2, 0.25) is 0 Å². The van der Waals surface area contributed by atoms with Crippen molar-refractivity contribution in [1.29, 1.82) is 0 Å². The summed E-state index contributed by atoms with van der Waals surface area (Å²) in [5, 5.41) is 2.95. The topological polar surface area (TPSA) is 75.3 Å². The Hall–Kier alpha value is -0.620. The Balaban J connectivity index is 1.84. The standard InChI is InChI=1S/C12H20N2O3S/c1-18(16,17)14-12-4-8-2-9(5-12)11(13-7-15)10(3-8)6-12/h7-11,14H,2-6H2,1H3,(H,13,15). The molecule has 0 aromatic rings. The minimum atomic E-state index is -3.16. The van der Waals surface area contributed by atoms with Gasteiger partial charge in [-0.15, -0.1) is 0 Å². The van der Waals surface area contributed by atoms with E-state index in [-0.39, 0.29) is 11.6 Å². The molecule has 2 N–H and O–H groups in total. The zero-order chi connectivity index (χ0) is 13.0. The second-order valence-corrected chi connectivity index (χ2v) is 8.18. The van der Waals surface area contributed by atoms with E-state index in [2.05, 4.69) is 10.0 Å². The Bertz CT molecular complexity index is 446. The lowest BCUT2D eigenvalue weighted by molar-refractivity contribution is -0.114. The monoisotopic (exact) mass is 272 g/mol. The molecule has 4 aliphatic rings. The largest absolute Gasteiger partial charge is 0.355 e. The molecule has 0 heterocycles. The molecule has 4 bridgehead atoms. The van der Waals surface area contributed by atoms with Gasteiger partial charge in [0.25, 0.3) is 0 Å². The van der Waals surface area contributed by atoms with Crippen LogP contribution in [-0.2, 0) is 14.8 Å². The van der Waals surface area contributed by atoms with Crippen LogP contribution in [0.1, 0.15) is 32.1 Å². The third-order valence-electron chi connectivity index (χ3n) is 4.94. The Morgan fingerprint density at radius 3 is 2.28 bits per heavy atom. The average molecular weight is 272 g/mol. The molecule has 2 atom stereocenters. The molecule has 5 nitrogen and oxygen atoms in total. The van der Waals surface area contributed by atoms with E-state index < -0.39 is 10.0 Å². The highest BCUT2D eigenvalue weighted by Crippen LogP contribution is 2.55. The minimum Gasteiger partial charge on any atom is -0.355 e. The maximum atomic E-state index is 11.5. The third kappa shape index (κ3) is 2.05. The molecule has 6 heteroatoms. The van der Waals surface area contributed by atoms with Gasteiger partial charge in [0, 0.05) is 11.6 Å². The fourth-order valence-corrected chi connectivity index (χ4v) is 5.93. The molecule has 4 rings (SSSR count). The first kappa shape index (κ1) is 12.4. The Kier molecular flexibility index (Phi) is 2.71. The van der Waals surface area contributed by atoms with E-state index in [1.54, 1.807) is 0 Å². The van der Waals surface area contributed by atoms with Gasteiger partial charge in [-0.05, 0) is 49.9 Å². The first-order valence-corrected chi connectivity index (χ1v) is 8.49. The van der Waals surface area contributed by atoms with Crippen LogP contribution in [0.5, 0.6) is 0 Å². The average Bonchev–Trinajstić information content (AvgIpc) is 2.18. The van der Waals surface area contributed by atoms with Crippen LogP contribution < -0.4 is 10.0 Å². The van der Waals surface area contributed by atoms with Crippen LogP contribution in [0.15, 0.2) is 0 Å². The molecule has 4 aliphatic carbocycles. The van der Waals surface area contributed by atoms with E-state index in [1.165, 1.54) is 6.26 Å². The number of rotatable bonds is 4. The van der Waals surface area contributed by atoms with Crippen molar-refractivity contribution in [3.63, 3.8) is 0 Å². The molecule has 0 aliphatic heterocycles. The maximum Gasteiger partial charge on any atom is 0.209 e. The number of carbonyl (C=O) groups excluding carboxylic acids is 1. The number of hydrogen-bond acceptors (Lipinski definition) is 3. The van der Waals surface area contributed by atoms with Gasteiger partial charge in [0.15, 0.2) is 0 Å². The molecule has 4 fully saturated rings. The van der Waals surface area contributed by atoms with Crippen LogP contribution in [0.4, 0.5) is 0 Å². The summed E-state index contributed by atoms with van der Waals surface area (Å²) in [4.78, 5) is 10.7. The highest BCUT2D eigenvalue weighted by Gasteiger charge is 2.56. The van der Waals surface area contributed by atoms with E-state index in [0.29, 0.717) is 17.8 Å². The van der Waals surface area contributed by atoms with Gasteiger partial charge in [-0.25, -0.2) is 13.1 Å². The predicted molar refractivity (Wildman–Crippen MR) is 67.3 cm³/mol. The number of amides is 1. The molecule has 0 radical (unpaired) electrons. The highest BCUT2D eigenvalue weighted by molar-refractivity contribution is 7.88. The number of sulfonamides is 1. The van der Waals surface area contributed by atoms with Crippen molar-refractivity contribution in [2.45, 2.75) is 43.7 Å². The van der Waals surface area contributed by atoms with Gasteiger partial charge in [0.1, 0.15) is 0 Å². The van der Waals surface area contributed by atoms with Crippen LogP contribution in [0.25, 0.3) is 0 Å². The molecular weight excluding hydrogens is 252 g/mol. The molecular formula is C12H20N2O3S. The summed E-state index contributed by atoms with van der Waals surface area (Å²) in [5.41, 5.74) is -0.231. The van der Waals surface area contributed by atoms with Gasteiger partial charge >= 0.3 is 0 Å². The van der Waals surface area contributed by atoms with E-state index >= 15 is 0 Å². The maximum absolute atomic E-state index is 11.5. The number of carbonyl (C=O) groups is 1. The molecule has 0 saturated heterocycles. The van der Waals surface area contributed by atoms with Gasteiger partial charge in [0.2, 0.25) is 16.4 Å². The molecule has 0 aromatic heterocycles. The zero-order valence-corrected chi connectivity index (χ0v) is 11.4. The lowest BCUT2D eigenvalue weighted by Gasteiger charge is -2.59. The van der Waals surface area contributed by atoms with E-state index in [1.807, 2.05) is 0 Å². The van der Waals surface area contributed by atoms with E-state index in [9.17, 15) is 13.2 Å². The minimum absolute atomic E-state index is 0.231. The van der Waals surface area contributed by atoms with Crippen molar-refractivity contribution in [1.82, 2.24) is 10.0 Å². The molecule has 4 saturated carbocycles. The first-order chi connectivity index (χ1) is 8.41. The van der Waals surface area contributed by atoms with Gasteiger partial charge < -0.3 is 5.32 Å². The Morgan fingerprint density at radius 1 is 1.17 bits per heavy atom. The van der Waals surface area contributed by atoms with Crippen LogP contribution >= 0.6 is 0 Å². The van der Waals surface area contributed by atoms with Crippen LogP contribution in [0, 0.1) is 17.8 Å². The fourth-order valence-electron chi connectivity index (χ4n) is 4.89. The number of nitrogens with one attached hydrogen (secondary N) is 2. The molecule has 2 unspecified atom stereocenters. The summed E-state index contributed by atoms with van der Waals surface area (Å²) in [7, 11) is -3.16. The van der Waals surface area contributed by atoms with Crippen LogP contribution in [0.3, 0.4) is 0 Å². The highest BCUT2D eigenvalue weighted by atomic mass is 32.2.